The minimum atomic E-state index is -0.627. The van der Waals surface area contributed by atoms with Crippen LogP contribution in [0.1, 0.15) is 45.6 Å². The summed E-state index contributed by atoms with van der Waals surface area (Å²) in [5, 5.41) is 5.93. The Kier molecular flexibility index (Phi) is 3.88. The summed E-state index contributed by atoms with van der Waals surface area (Å²) in [7, 11) is 0. The van der Waals surface area contributed by atoms with E-state index in [-0.39, 0.29) is 5.91 Å². The molecule has 1 heterocycles. The van der Waals surface area contributed by atoms with Crippen LogP contribution in [0.4, 0.5) is 0 Å². The molecule has 102 valence electrons. The van der Waals surface area contributed by atoms with Crippen LogP contribution in [0.15, 0.2) is 35.4 Å². The van der Waals surface area contributed by atoms with Gasteiger partial charge in [0, 0.05) is 24.8 Å². The van der Waals surface area contributed by atoms with Crippen molar-refractivity contribution in [2.24, 2.45) is 5.10 Å². The van der Waals surface area contributed by atoms with Crippen LogP contribution in [0.25, 0.3) is 0 Å². The maximum Gasteiger partial charge on any atom is 0.246 e. The van der Waals surface area contributed by atoms with Crippen LogP contribution in [0.5, 0.6) is 0 Å². The average molecular weight is 260 g/mol. The number of benzene rings is 1. The molecule has 0 aromatic heterocycles. The van der Waals surface area contributed by atoms with Gasteiger partial charge in [0.05, 0.1) is 0 Å². The Labute approximate surface area is 114 Å². The van der Waals surface area contributed by atoms with Gasteiger partial charge >= 0.3 is 0 Å². The van der Waals surface area contributed by atoms with Gasteiger partial charge in [-0.05, 0) is 12.1 Å². The van der Waals surface area contributed by atoms with Gasteiger partial charge in [0.1, 0.15) is 0 Å². The number of hydrogen-bond donors (Lipinski definition) is 0. The molecule has 0 saturated carbocycles. The molecule has 1 aromatic carbocycles. The van der Waals surface area contributed by atoms with Crippen molar-refractivity contribution < 1.29 is 9.53 Å². The van der Waals surface area contributed by atoms with Crippen molar-refractivity contribution in [2.45, 2.75) is 45.8 Å². The molecule has 19 heavy (non-hydrogen) atoms. The van der Waals surface area contributed by atoms with E-state index in [2.05, 4.69) is 5.10 Å². The predicted octanol–water partition coefficient (Wildman–Crippen LogP) is 3.13. The zero-order valence-corrected chi connectivity index (χ0v) is 11.7. The van der Waals surface area contributed by atoms with Gasteiger partial charge in [-0.2, -0.15) is 5.01 Å². The molecule has 1 aliphatic heterocycles. The van der Waals surface area contributed by atoms with E-state index in [0.717, 1.165) is 18.4 Å². The molecule has 0 fully saturated rings. The van der Waals surface area contributed by atoms with Gasteiger partial charge < -0.3 is 4.74 Å². The molecule has 0 bridgehead atoms. The molecule has 0 atom stereocenters. The molecule has 0 N–H and O–H groups in total. The summed E-state index contributed by atoms with van der Waals surface area (Å²) in [5.74, 6) is 0.528. The fourth-order valence-corrected chi connectivity index (χ4v) is 2.25. The zero-order chi connectivity index (χ0) is 13.9. The van der Waals surface area contributed by atoms with Crippen molar-refractivity contribution >= 4 is 11.8 Å². The number of hydrogen-bond acceptors (Lipinski definition) is 3. The maximum atomic E-state index is 12.1. The Hall–Kier alpha value is -1.84. The predicted molar refractivity (Wildman–Crippen MR) is 74.5 cm³/mol. The Morgan fingerprint density at radius 3 is 2.37 bits per heavy atom. The fraction of sp³-hybridized carbons (Fsp3) is 0.467. The molecule has 1 aliphatic rings. The Morgan fingerprint density at radius 1 is 1.21 bits per heavy atom. The lowest BCUT2D eigenvalue weighted by Gasteiger charge is -2.32. The molecule has 4 heteroatoms. The highest BCUT2D eigenvalue weighted by Gasteiger charge is 2.44. The first-order valence-corrected chi connectivity index (χ1v) is 6.83. The monoisotopic (exact) mass is 260 g/mol. The molecule has 1 amide bonds. The third kappa shape index (κ3) is 2.35. The molecular formula is C15H20N2O2. The number of carbonyl (C=O) groups is 1. The van der Waals surface area contributed by atoms with Gasteiger partial charge in [-0.25, -0.2) is 0 Å². The number of hydrazone groups is 1. The third-order valence-corrected chi connectivity index (χ3v) is 3.53. The number of amides is 1. The van der Waals surface area contributed by atoms with E-state index >= 15 is 0 Å². The summed E-state index contributed by atoms with van der Waals surface area (Å²) in [5.41, 5.74) is 0.276. The molecule has 0 unspecified atom stereocenters. The normalized spacial score (nSPS) is 17.0. The standard InChI is InChI=1S/C15H20N2O2/c1-4-13(18)17-15(5-2,6-3)19-14(16-17)12-10-8-7-9-11-12/h7-11H,4-6H2,1-3H3. The van der Waals surface area contributed by atoms with E-state index in [4.69, 9.17) is 4.74 Å². The van der Waals surface area contributed by atoms with Gasteiger partial charge in [0.2, 0.25) is 17.5 Å². The molecule has 0 spiro atoms. The summed E-state index contributed by atoms with van der Waals surface area (Å²) in [4.78, 5) is 12.1. The zero-order valence-electron chi connectivity index (χ0n) is 11.7. The second kappa shape index (κ2) is 5.43. The van der Waals surface area contributed by atoms with E-state index in [0.29, 0.717) is 12.3 Å². The van der Waals surface area contributed by atoms with E-state index in [1.165, 1.54) is 5.01 Å². The van der Waals surface area contributed by atoms with Crippen LogP contribution >= 0.6 is 0 Å². The number of carbonyl (C=O) groups excluding carboxylic acids is 1. The number of nitrogens with zero attached hydrogens (tertiary/aromatic N) is 2. The van der Waals surface area contributed by atoms with Gasteiger partial charge in [-0.15, -0.1) is 5.10 Å². The first kappa shape index (κ1) is 13.6. The fourth-order valence-electron chi connectivity index (χ4n) is 2.25. The highest BCUT2D eigenvalue weighted by molar-refractivity contribution is 5.96. The first-order chi connectivity index (χ1) is 9.16. The Bertz CT molecular complexity index is 478. The van der Waals surface area contributed by atoms with Crippen LogP contribution in [-0.4, -0.2) is 22.5 Å². The summed E-state index contributed by atoms with van der Waals surface area (Å²) in [6, 6.07) is 9.70. The quantitative estimate of drug-likeness (QED) is 0.834. The van der Waals surface area contributed by atoms with Gasteiger partial charge in [0.25, 0.3) is 0 Å². The van der Waals surface area contributed by atoms with Crippen LogP contribution in [0.2, 0.25) is 0 Å². The topological polar surface area (TPSA) is 41.9 Å². The third-order valence-electron chi connectivity index (χ3n) is 3.53. The van der Waals surface area contributed by atoms with Crippen molar-refractivity contribution in [1.29, 1.82) is 0 Å². The van der Waals surface area contributed by atoms with Crippen LogP contribution < -0.4 is 0 Å². The molecule has 0 aliphatic carbocycles. The summed E-state index contributed by atoms with van der Waals surface area (Å²) >= 11 is 0. The second-order valence-corrected chi connectivity index (χ2v) is 4.59. The van der Waals surface area contributed by atoms with E-state index < -0.39 is 5.72 Å². The highest BCUT2D eigenvalue weighted by atomic mass is 16.6. The van der Waals surface area contributed by atoms with Gasteiger partial charge in [0.15, 0.2) is 0 Å². The summed E-state index contributed by atoms with van der Waals surface area (Å²) in [6.45, 7) is 5.88. The first-order valence-electron chi connectivity index (χ1n) is 6.83. The summed E-state index contributed by atoms with van der Waals surface area (Å²) < 4.78 is 6.02. The molecule has 1 aromatic rings. The lowest BCUT2D eigenvalue weighted by atomic mass is 10.1. The lowest BCUT2D eigenvalue weighted by molar-refractivity contribution is -0.150. The molecular weight excluding hydrogens is 240 g/mol. The Morgan fingerprint density at radius 2 is 1.84 bits per heavy atom. The molecule has 2 rings (SSSR count). The maximum absolute atomic E-state index is 12.1. The molecule has 4 nitrogen and oxygen atoms in total. The van der Waals surface area contributed by atoms with Crippen molar-refractivity contribution in [3.8, 4) is 0 Å². The van der Waals surface area contributed by atoms with Crippen LogP contribution in [0.3, 0.4) is 0 Å². The molecule has 0 saturated heterocycles. The lowest BCUT2D eigenvalue weighted by Crippen LogP contribution is -2.46. The number of rotatable bonds is 4. The van der Waals surface area contributed by atoms with Crippen molar-refractivity contribution in [3.63, 3.8) is 0 Å². The molecule has 0 radical (unpaired) electrons. The van der Waals surface area contributed by atoms with Crippen molar-refractivity contribution in [3.05, 3.63) is 35.9 Å². The Balaban J connectivity index is 2.37. The minimum Gasteiger partial charge on any atom is -0.447 e. The van der Waals surface area contributed by atoms with Crippen LogP contribution in [0, 0.1) is 0 Å². The average Bonchev–Trinajstić information content (AvgIpc) is 2.87. The largest absolute Gasteiger partial charge is 0.447 e. The van der Waals surface area contributed by atoms with Crippen molar-refractivity contribution in [2.75, 3.05) is 0 Å². The van der Waals surface area contributed by atoms with Crippen LogP contribution in [-0.2, 0) is 9.53 Å². The van der Waals surface area contributed by atoms with Gasteiger partial charge in [-0.3, -0.25) is 4.79 Å². The summed E-state index contributed by atoms with van der Waals surface area (Å²) in [6.07, 6.45) is 1.86. The smallest absolute Gasteiger partial charge is 0.246 e. The number of ether oxygens (including phenoxy) is 1. The van der Waals surface area contributed by atoms with E-state index in [9.17, 15) is 4.79 Å². The van der Waals surface area contributed by atoms with E-state index in [1.54, 1.807) is 0 Å². The SMILES string of the molecule is CCC(=O)N1N=C(c2ccccc2)OC1(CC)CC. The highest BCUT2D eigenvalue weighted by Crippen LogP contribution is 2.33. The van der Waals surface area contributed by atoms with Gasteiger partial charge in [-0.1, -0.05) is 39.0 Å². The minimum absolute atomic E-state index is 0.00497. The van der Waals surface area contributed by atoms with E-state index in [1.807, 2.05) is 51.1 Å². The van der Waals surface area contributed by atoms with Crippen molar-refractivity contribution in [1.82, 2.24) is 5.01 Å². The second-order valence-electron chi connectivity index (χ2n) is 4.59.